The highest BCUT2D eigenvalue weighted by Crippen LogP contribution is 2.14. The molecule has 0 radical (unpaired) electrons. The fourth-order valence-electron chi connectivity index (χ4n) is 1.59. The predicted octanol–water partition coefficient (Wildman–Crippen LogP) is 0.231. The van der Waals surface area contributed by atoms with Crippen LogP contribution in [-0.2, 0) is 4.79 Å². The van der Waals surface area contributed by atoms with E-state index in [0.717, 1.165) is 12.1 Å². The van der Waals surface area contributed by atoms with Crippen molar-refractivity contribution in [2.24, 2.45) is 0 Å². The number of hydrogen-bond donors (Lipinski definition) is 2. The van der Waals surface area contributed by atoms with E-state index in [0.29, 0.717) is 0 Å². The van der Waals surface area contributed by atoms with Crippen LogP contribution in [0, 0.1) is 0 Å². The topological polar surface area (TPSA) is 54.0 Å². The van der Waals surface area contributed by atoms with Gasteiger partial charge in [-0.2, -0.15) is 0 Å². The lowest BCUT2D eigenvalue weighted by molar-refractivity contribution is -0.125. The predicted molar refractivity (Wildman–Crippen MR) is 52.6 cm³/mol. The lowest BCUT2D eigenvalue weighted by atomic mass is 10.0. The summed E-state index contributed by atoms with van der Waals surface area (Å²) in [7, 11) is 0. The molecule has 4 nitrogen and oxygen atoms in total. The minimum absolute atomic E-state index is 0.0370. The van der Waals surface area contributed by atoms with Crippen molar-refractivity contribution in [2.75, 3.05) is 6.54 Å². The molecule has 0 bridgehead atoms. The summed E-state index contributed by atoms with van der Waals surface area (Å²) in [5, 5.41) is 6.10. The standard InChI is InChI=1S/C10H13N3O/c1-7-6-12-9(10(14)13-7)8-2-4-11-5-3-8/h2-5,7,9,12H,6H2,1H3,(H,13,14)/t7-,9-/m1/s1. The Hall–Kier alpha value is -1.42. The maximum absolute atomic E-state index is 11.6. The first-order valence-electron chi connectivity index (χ1n) is 4.71. The molecule has 0 unspecified atom stereocenters. The van der Waals surface area contributed by atoms with Crippen molar-refractivity contribution in [3.05, 3.63) is 30.1 Å². The van der Waals surface area contributed by atoms with Gasteiger partial charge < -0.3 is 10.6 Å². The van der Waals surface area contributed by atoms with Crippen molar-refractivity contribution in [2.45, 2.75) is 19.0 Å². The summed E-state index contributed by atoms with van der Waals surface area (Å²) in [6.45, 7) is 2.78. The normalized spacial score (nSPS) is 27.1. The molecule has 1 saturated heterocycles. The summed E-state index contributed by atoms with van der Waals surface area (Å²) in [6, 6.07) is 3.69. The Labute approximate surface area is 82.7 Å². The van der Waals surface area contributed by atoms with E-state index in [9.17, 15) is 4.79 Å². The van der Waals surface area contributed by atoms with E-state index >= 15 is 0 Å². The number of carbonyl (C=O) groups excluding carboxylic acids is 1. The average Bonchev–Trinajstić information content (AvgIpc) is 2.19. The second-order valence-corrected chi connectivity index (χ2v) is 3.53. The molecule has 2 rings (SSSR count). The maximum atomic E-state index is 11.6. The van der Waals surface area contributed by atoms with Gasteiger partial charge in [-0.05, 0) is 24.6 Å². The Morgan fingerprint density at radius 1 is 1.43 bits per heavy atom. The third kappa shape index (κ3) is 1.75. The highest BCUT2D eigenvalue weighted by atomic mass is 16.2. The number of amides is 1. The van der Waals surface area contributed by atoms with Gasteiger partial charge in [-0.3, -0.25) is 9.78 Å². The lowest BCUT2D eigenvalue weighted by Gasteiger charge is -2.28. The van der Waals surface area contributed by atoms with Gasteiger partial charge in [-0.1, -0.05) is 0 Å². The first-order chi connectivity index (χ1) is 6.77. The molecule has 2 heterocycles. The SMILES string of the molecule is C[C@@H]1CN[C@H](c2ccncc2)C(=O)N1. The summed E-state index contributed by atoms with van der Waals surface area (Å²) >= 11 is 0. The molecule has 2 atom stereocenters. The molecule has 0 aliphatic carbocycles. The molecule has 0 aromatic carbocycles. The van der Waals surface area contributed by atoms with Crippen LogP contribution >= 0.6 is 0 Å². The van der Waals surface area contributed by atoms with Crippen LogP contribution in [0.5, 0.6) is 0 Å². The van der Waals surface area contributed by atoms with Crippen LogP contribution < -0.4 is 10.6 Å². The van der Waals surface area contributed by atoms with Crippen molar-refractivity contribution < 1.29 is 4.79 Å². The molecular formula is C10H13N3O. The summed E-state index contributed by atoms with van der Waals surface area (Å²) < 4.78 is 0. The molecule has 1 aliphatic rings. The van der Waals surface area contributed by atoms with Gasteiger partial charge in [-0.15, -0.1) is 0 Å². The summed E-state index contributed by atoms with van der Waals surface area (Å²) in [5.74, 6) is 0.0370. The molecule has 1 fully saturated rings. The Balaban J connectivity index is 2.16. The fourth-order valence-corrected chi connectivity index (χ4v) is 1.59. The Morgan fingerprint density at radius 3 is 2.79 bits per heavy atom. The molecule has 0 saturated carbocycles. The van der Waals surface area contributed by atoms with Crippen LogP contribution in [0.3, 0.4) is 0 Å². The van der Waals surface area contributed by atoms with E-state index < -0.39 is 0 Å². The fraction of sp³-hybridized carbons (Fsp3) is 0.400. The first kappa shape index (κ1) is 9.15. The molecular weight excluding hydrogens is 178 g/mol. The van der Waals surface area contributed by atoms with Crippen molar-refractivity contribution in [3.8, 4) is 0 Å². The maximum Gasteiger partial charge on any atom is 0.241 e. The third-order valence-electron chi connectivity index (χ3n) is 2.32. The van der Waals surface area contributed by atoms with Gasteiger partial charge in [0, 0.05) is 25.0 Å². The summed E-state index contributed by atoms with van der Waals surface area (Å²) in [4.78, 5) is 15.5. The highest BCUT2D eigenvalue weighted by Gasteiger charge is 2.25. The first-order valence-corrected chi connectivity index (χ1v) is 4.71. The van der Waals surface area contributed by atoms with Crippen LogP contribution in [0.2, 0.25) is 0 Å². The minimum Gasteiger partial charge on any atom is -0.351 e. The molecule has 2 N–H and O–H groups in total. The van der Waals surface area contributed by atoms with Crippen LogP contribution in [0.15, 0.2) is 24.5 Å². The number of pyridine rings is 1. The van der Waals surface area contributed by atoms with Gasteiger partial charge in [0.2, 0.25) is 5.91 Å². The number of nitrogens with one attached hydrogen (secondary N) is 2. The summed E-state index contributed by atoms with van der Waals surface area (Å²) in [5.41, 5.74) is 0.962. The van der Waals surface area contributed by atoms with Gasteiger partial charge in [0.25, 0.3) is 0 Å². The van der Waals surface area contributed by atoms with Gasteiger partial charge in [-0.25, -0.2) is 0 Å². The quantitative estimate of drug-likeness (QED) is 0.668. The van der Waals surface area contributed by atoms with Gasteiger partial charge in [0.05, 0.1) is 0 Å². The van der Waals surface area contributed by atoms with Crippen molar-refractivity contribution in [1.29, 1.82) is 0 Å². The Morgan fingerprint density at radius 2 is 2.14 bits per heavy atom. The molecule has 74 valence electrons. The molecule has 0 spiro atoms. The number of carbonyl (C=O) groups is 1. The highest BCUT2D eigenvalue weighted by molar-refractivity contribution is 5.84. The zero-order valence-electron chi connectivity index (χ0n) is 8.03. The third-order valence-corrected chi connectivity index (χ3v) is 2.32. The van der Waals surface area contributed by atoms with E-state index in [1.807, 2.05) is 19.1 Å². The zero-order valence-corrected chi connectivity index (χ0v) is 8.03. The molecule has 1 aromatic heterocycles. The number of rotatable bonds is 1. The molecule has 1 amide bonds. The minimum atomic E-state index is -0.228. The van der Waals surface area contributed by atoms with E-state index in [-0.39, 0.29) is 18.0 Å². The average molecular weight is 191 g/mol. The van der Waals surface area contributed by atoms with E-state index in [2.05, 4.69) is 15.6 Å². The second-order valence-electron chi connectivity index (χ2n) is 3.53. The van der Waals surface area contributed by atoms with Crippen LogP contribution in [0.4, 0.5) is 0 Å². The van der Waals surface area contributed by atoms with Crippen LogP contribution in [0.1, 0.15) is 18.5 Å². The Bertz CT molecular complexity index is 325. The van der Waals surface area contributed by atoms with E-state index in [4.69, 9.17) is 0 Å². The zero-order chi connectivity index (χ0) is 9.97. The van der Waals surface area contributed by atoms with Gasteiger partial charge >= 0.3 is 0 Å². The molecule has 4 heteroatoms. The summed E-state index contributed by atoms with van der Waals surface area (Å²) in [6.07, 6.45) is 3.39. The van der Waals surface area contributed by atoms with E-state index in [1.54, 1.807) is 12.4 Å². The molecule has 14 heavy (non-hydrogen) atoms. The molecule has 1 aromatic rings. The Kier molecular flexibility index (Phi) is 2.45. The number of hydrogen-bond acceptors (Lipinski definition) is 3. The lowest BCUT2D eigenvalue weighted by Crippen LogP contribution is -2.52. The van der Waals surface area contributed by atoms with Gasteiger partial charge in [0.1, 0.15) is 6.04 Å². The van der Waals surface area contributed by atoms with Crippen LogP contribution in [-0.4, -0.2) is 23.5 Å². The van der Waals surface area contributed by atoms with Gasteiger partial charge in [0.15, 0.2) is 0 Å². The number of piperazine rings is 1. The van der Waals surface area contributed by atoms with Crippen molar-refractivity contribution in [3.63, 3.8) is 0 Å². The largest absolute Gasteiger partial charge is 0.351 e. The smallest absolute Gasteiger partial charge is 0.241 e. The number of nitrogens with zero attached hydrogens (tertiary/aromatic N) is 1. The second kappa shape index (κ2) is 3.75. The van der Waals surface area contributed by atoms with E-state index in [1.165, 1.54) is 0 Å². The van der Waals surface area contributed by atoms with Crippen LogP contribution in [0.25, 0.3) is 0 Å². The number of aromatic nitrogens is 1. The van der Waals surface area contributed by atoms with Crippen molar-refractivity contribution >= 4 is 5.91 Å². The van der Waals surface area contributed by atoms with Crippen molar-refractivity contribution in [1.82, 2.24) is 15.6 Å². The monoisotopic (exact) mass is 191 g/mol. The molecule has 1 aliphatic heterocycles.